The summed E-state index contributed by atoms with van der Waals surface area (Å²) in [5.74, 6) is -0.609. The van der Waals surface area contributed by atoms with E-state index in [0.29, 0.717) is 12.2 Å². The number of rotatable bonds is 8. The third-order valence-corrected chi connectivity index (χ3v) is 4.36. The fourth-order valence-electron chi connectivity index (χ4n) is 2.72. The molecule has 0 radical (unpaired) electrons. The quantitative estimate of drug-likeness (QED) is 0.659. The fraction of sp³-hybridized carbons (Fsp3) is 0.450. The first-order chi connectivity index (χ1) is 13.3. The minimum atomic E-state index is -0.616. The number of aryl methyl sites for hydroxylation is 2. The van der Waals surface area contributed by atoms with E-state index >= 15 is 0 Å². The van der Waals surface area contributed by atoms with E-state index in [9.17, 15) is 14.4 Å². The van der Waals surface area contributed by atoms with Crippen LogP contribution >= 0.6 is 0 Å². The molecule has 2 N–H and O–H groups in total. The van der Waals surface area contributed by atoms with Crippen LogP contribution in [0.3, 0.4) is 0 Å². The highest BCUT2D eigenvalue weighted by Gasteiger charge is 2.32. The van der Waals surface area contributed by atoms with Gasteiger partial charge in [-0.15, -0.1) is 0 Å². The molecule has 0 fully saturated rings. The lowest BCUT2D eigenvalue weighted by molar-refractivity contribution is -0.145. The van der Waals surface area contributed by atoms with Crippen molar-refractivity contribution in [3.8, 4) is 5.75 Å². The zero-order chi connectivity index (χ0) is 20.7. The van der Waals surface area contributed by atoms with Crippen molar-refractivity contribution in [2.24, 2.45) is 0 Å². The van der Waals surface area contributed by atoms with Crippen molar-refractivity contribution in [3.05, 3.63) is 40.6 Å². The topological polar surface area (TPSA) is 103 Å². The first-order valence-corrected chi connectivity index (χ1v) is 9.19. The Morgan fingerprint density at radius 2 is 1.86 bits per heavy atom. The predicted octanol–water partition coefficient (Wildman–Crippen LogP) is 2.13. The Kier molecular flexibility index (Phi) is 7.43. The molecular weight excluding hydrogens is 364 g/mol. The normalized spacial score (nSPS) is 16.1. The van der Waals surface area contributed by atoms with E-state index in [0.717, 1.165) is 11.1 Å². The summed E-state index contributed by atoms with van der Waals surface area (Å²) in [5, 5.41) is 5.18. The average molecular weight is 390 g/mol. The van der Waals surface area contributed by atoms with Gasteiger partial charge in [0, 0.05) is 0 Å². The second-order valence-electron chi connectivity index (χ2n) is 6.37. The van der Waals surface area contributed by atoms with Gasteiger partial charge in [-0.05, 0) is 50.5 Å². The Labute approximate surface area is 164 Å². The van der Waals surface area contributed by atoms with Gasteiger partial charge in [0.25, 0.3) is 0 Å². The summed E-state index contributed by atoms with van der Waals surface area (Å²) in [4.78, 5) is 36.1. The molecule has 1 atom stereocenters. The molecule has 1 aliphatic rings. The van der Waals surface area contributed by atoms with Crippen LogP contribution in [0.4, 0.5) is 4.79 Å². The molecule has 0 saturated heterocycles. The molecule has 8 heteroatoms. The van der Waals surface area contributed by atoms with Crippen LogP contribution in [0.2, 0.25) is 0 Å². The second-order valence-corrected chi connectivity index (χ2v) is 6.37. The first kappa shape index (κ1) is 21.3. The molecule has 2 rings (SSSR count). The molecule has 1 aromatic carbocycles. The maximum atomic E-state index is 12.3. The number of nitrogens with one attached hydrogen (secondary N) is 2. The number of hydrogen-bond donors (Lipinski definition) is 2. The summed E-state index contributed by atoms with van der Waals surface area (Å²) in [6, 6.07) is 4.55. The van der Waals surface area contributed by atoms with Gasteiger partial charge in [0.15, 0.2) is 6.61 Å². The van der Waals surface area contributed by atoms with Gasteiger partial charge in [0.1, 0.15) is 12.4 Å². The number of amides is 2. The molecule has 0 bridgehead atoms. The van der Waals surface area contributed by atoms with E-state index in [4.69, 9.17) is 14.2 Å². The van der Waals surface area contributed by atoms with Crippen molar-refractivity contribution in [1.82, 2.24) is 10.6 Å². The molecule has 1 aliphatic heterocycles. The van der Waals surface area contributed by atoms with Gasteiger partial charge in [-0.2, -0.15) is 0 Å². The van der Waals surface area contributed by atoms with E-state index in [1.54, 1.807) is 13.0 Å². The lowest BCUT2D eigenvalue weighted by atomic mass is 10.0. The van der Waals surface area contributed by atoms with Crippen LogP contribution in [0.15, 0.2) is 29.5 Å². The molecule has 8 nitrogen and oxygen atoms in total. The summed E-state index contributed by atoms with van der Waals surface area (Å²) in [6.45, 7) is 7.12. The summed E-state index contributed by atoms with van der Waals surface area (Å²) in [6.07, 6.45) is 0.495. The van der Waals surface area contributed by atoms with Crippen LogP contribution in [-0.2, 0) is 19.1 Å². The number of ether oxygens (including phenoxy) is 3. The van der Waals surface area contributed by atoms with Crippen LogP contribution in [0.5, 0.6) is 5.75 Å². The van der Waals surface area contributed by atoms with E-state index in [-0.39, 0.29) is 31.1 Å². The van der Waals surface area contributed by atoms with E-state index in [1.807, 2.05) is 32.9 Å². The van der Waals surface area contributed by atoms with Gasteiger partial charge in [-0.1, -0.05) is 13.0 Å². The Morgan fingerprint density at radius 3 is 2.50 bits per heavy atom. The third kappa shape index (κ3) is 5.48. The highest BCUT2D eigenvalue weighted by molar-refractivity contribution is 5.94. The lowest BCUT2D eigenvalue weighted by Crippen LogP contribution is -2.51. The Balaban J connectivity index is 2.01. The third-order valence-electron chi connectivity index (χ3n) is 4.36. The van der Waals surface area contributed by atoms with Crippen LogP contribution in [0.25, 0.3) is 0 Å². The molecule has 28 heavy (non-hydrogen) atoms. The van der Waals surface area contributed by atoms with Crippen molar-refractivity contribution in [2.75, 3.05) is 19.8 Å². The van der Waals surface area contributed by atoms with Gasteiger partial charge in [0.05, 0.1) is 23.9 Å². The maximum absolute atomic E-state index is 12.3. The zero-order valence-electron chi connectivity index (χ0n) is 16.6. The summed E-state index contributed by atoms with van der Waals surface area (Å²) >= 11 is 0. The van der Waals surface area contributed by atoms with Gasteiger partial charge < -0.3 is 24.8 Å². The van der Waals surface area contributed by atoms with Gasteiger partial charge in [-0.3, -0.25) is 0 Å². The smallest absolute Gasteiger partial charge is 0.344 e. The number of carbonyl (C=O) groups is 3. The number of esters is 2. The van der Waals surface area contributed by atoms with E-state index in [1.165, 1.54) is 0 Å². The Hall–Kier alpha value is -3.03. The summed E-state index contributed by atoms with van der Waals surface area (Å²) in [5.41, 5.74) is 2.65. The SMILES string of the molecule is CCOC(=O)C1=C(COC(=O)COc2ccc(C)c(C)c2)NC(=O)N[C@H]1CC. The van der Waals surface area contributed by atoms with Crippen molar-refractivity contribution >= 4 is 18.0 Å². The summed E-state index contributed by atoms with van der Waals surface area (Å²) in [7, 11) is 0. The second kappa shape index (κ2) is 9.77. The number of urea groups is 1. The lowest BCUT2D eigenvalue weighted by Gasteiger charge is -2.28. The Bertz CT molecular complexity index is 787. The number of benzene rings is 1. The highest BCUT2D eigenvalue weighted by atomic mass is 16.6. The molecule has 1 heterocycles. The van der Waals surface area contributed by atoms with Gasteiger partial charge in [-0.25, -0.2) is 14.4 Å². The molecule has 0 saturated carbocycles. The number of hydrogen-bond acceptors (Lipinski definition) is 6. The minimum absolute atomic E-state index is 0.198. The van der Waals surface area contributed by atoms with Crippen molar-refractivity contribution in [1.29, 1.82) is 0 Å². The van der Waals surface area contributed by atoms with E-state index in [2.05, 4.69) is 10.6 Å². The van der Waals surface area contributed by atoms with Gasteiger partial charge in [0.2, 0.25) is 0 Å². The van der Waals surface area contributed by atoms with Crippen LogP contribution in [0.1, 0.15) is 31.4 Å². The number of carbonyl (C=O) groups excluding carboxylic acids is 3. The molecule has 152 valence electrons. The van der Waals surface area contributed by atoms with Gasteiger partial charge >= 0.3 is 18.0 Å². The van der Waals surface area contributed by atoms with Crippen molar-refractivity contribution in [2.45, 2.75) is 40.2 Å². The molecule has 0 aliphatic carbocycles. The molecule has 0 spiro atoms. The zero-order valence-corrected chi connectivity index (χ0v) is 16.6. The molecule has 2 amide bonds. The Morgan fingerprint density at radius 1 is 1.11 bits per heavy atom. The molecular formula is C20H26N2O6. The molecule has 0 unspecified atom stereocenters. The van der Waals surface area contributed by atoms with Crippen LogP contribution in [-0.4, -0.2) is 43.8 Å². The predicted molar refractivity (Wildman–Crippen MR) is 102 cm³/mol. The highest BCUT2D eigenvalue weighted by Crippen LogP contribution is 2.18. The largest absolute Gasteiger partial charge is 0.482 e. The van der Waals surface area contributed by atoms with Crippen LogP contribution in [0, 0.1) is 13.8 Å². The van der Waals surface area contributed by atoms with Crippen LogP contribution < -0.4 is 15.4 Å². The monoisotopic (exact) mass is 390 g/mol. The van der Waals surface area contributed by atoms with E-state index < -0.39 is 24.0 Å². The maximum Gasteiger partial charge on any atom is 0.344 e. The average Bonchev–Trinajstić information content (AvgIpc) is 2.66. The fourth-order valence-corrected chi connectivity index (χ4v) is 2.72. The summed E-state index contributed by atoms with van der Waals surface area (Å²) < 4.78 is 15.7. The van der Waals surface area contributed by atoms with Crippen molar-refractivity contribution in [3.63, 3.8) is 0 Å². The standard InChI is InChI=1S/C20H26N2O6/c1-5-15-18(19(24)26-6-2)16(22-20(25)21-15)10-28-17(23)11-27-14-8-7-12(3)13(4)9-14/h7-9,15H,5-6,10-11H2,1-4H3,(H2,21,22,25)/t15-/m0/s1. The molecule has 0 aromatic heterocycles. The first-order valence-electron chi connectivity index (χ1n) is 9.19. The van der Waals surface area contributed by atoms with Crippen molar-refractivity contribution < 1.29 is 28.6 Å². The molecule has 1 aromatic rings. The minimum Gasteiger partial charge on any atom is -0.482 e.